The molecule has 0 saturated carbocycles. The molecule has 132 valence electrons. The van der Waals surface area contributed by atoms with Gasteiger partial charge in [-0.1, -0.05) is 42.2 Å². The molecule has 1 aliphatic rings. The lowest BCUT2D eigenvalue weighted by molar-refractivity contribution is -0.255. The van der Waals surface area contributed by atoms with Crippen molar-refractivity contribution in [3.05, 3.63) is 64.8 Å². The lowest BCUT2D eigenvalue weighted by atomic mass is 10.0. The molecular weight excluding hydrogens is 370 g/mol. The summed E-state index contributed by atoms with van der Waals surface area (Å²) in [7, 11) is 0. The first-order valence-corrected chi connectivity index (χ1v) is 8.91. The third-order valence-electron chi connectivity index (χ3n) is 3.81. The smallest absolute Gasteiger partial charge is 0.266 e. The number of thiocarbonyl (C=S) groups is 1. The molecule has 0 unspecified atom stereocenters. The van der Waals surface area contributed by atoms with Crippen LogP contribution in [0.3, 0.4) is 0 Å². The first kappa shape index (κ1) is 18.2. The quantitative estimate of drug-likeness (QED) is 0.448. The summed E-state index contributed by atoms with van der Waals surface area (Å²) in [6, 6.07) is 8.21. The van der Waals surface area contributed by atoms with E-state index >= 15 is 0 Å². The first-order chi connectivity index (χ1) is 12.4. The van der Waals surface area contributed by atoms with Gasteiger partial charge in [0, 0.05) is 18.2 Å². The Balaban J connectivity index is 1.87. The normalized spacial score (nSPS) is 15.7. The molecule has 7 heteroatoms. The average Bonchev–Trinajstić information content (AvgIpc) is 3.15. The summed E-state index contributed by atoms with van der Waals surface area (Å²) in [4.78, 5) is 25.2. The molecule has 1 saturated heterocycles. The summed E-state index contributed by atoms with van der Waals surface area (Å²) >= 11 is 6.42. The fourth-order valence-electron chi connectivity index (χ4n) is 2.56. The molecule has 1 aromatic heterocycles. The van der Waals surface area contributed by atoms with Gasteiger partial charge >= 0.3 is 0 Å². The summed E-state index contributed by atoms with van der Waals surface area (Å²) in [6.07, 6.45) is 3.27. The highest BCUT2D eigenvalue weighted by atomic mass is 32.2. The number of amides is 1. The standard InChI is InChI=1S/C19H15NO4S2/c1-3-8-20-17(21)16(26-19(20)25)10-13-5-7-15(24-13)14-6-4-12(18(22)23)9-11(14)2/h3-7,9-10H,1,8H2,2H3,(H,22,23)/p-1/b16-10-. The second-order valence-corrected chi connectivity index (χ2v) is 7.28. The summed E-state index contributed by atoms with van der Waals surface area (Å²) in [5, 5.41) is 10.9. The molecule has 2 heterocycles. The molecule has 5 nitrogen and oxygen atoms in total. The number of hydrogen-bond donors (Lipinski definition) is 0. The van der Waals surface area contributed by atoms with Crippen LogP contribution in [-0.2, 0) is 4.79 Å². The highest BCUT2D eigenvalue weighted by molar-refractivity contribution is 8.26. The topological polar surface area (TPSA) is 73.6 Å². The zero-order valence-electron chi connectivity index (χ0n) is 13.9. The number of carboxylic acids is 1. The molecule has 1 amide bonds. The molecule has 1 aromatic carbocycles. The van der Waals surface area contributed by atoms with Gasteiger partial charge in [-0.15, -0.1) is 6.58 Å². The highest BCUT2D eigenvalue weighted by Crippen LogP contribution is 2.34. The van der Waals surface area contributed by atoms with Crippen molar-refractivity contribution < 1.29 is 19.1 Å². The molecule has 1 fully saturated rings. The first-order valence-electron chi connectivity index (χ1n) is 7.69. The molecule has 0 aliphatic carbocycles. The third kappa shape index (κ3) is 3.49. The summed E-state index contributed by atoms with van der Waals surface area (Å²) in [5.41, 5.74) is 1.64. The predicted octanol–water partition coefficient (Wildman–Crippen LogP) is 3.01. The van der Waals surface area contributed by atoms with E-state index in [-0.39, 0.29) is 11.5 Å². The maximum Gasteiger partial charge on any atom is 0.266 e. The number of aromatic carboxylic acids is 1. The number of nitrogens with zero attached hydrogens (tertiary/aromatic N) is 1. The van der Waals surface area contributed by atoms with Crippen LogP contribution >= 0.6 is 24.0 Å². The van der Waals surface area contributed by atoms with Crippen molar-refractivity contribution in [2.75, 3.05) is 6.54 Å². The van der Waals surface area contributed by atoms with E-state index in [4.69, 9.17) is 16.6 Å². The van der Waals surface area contributed by atoms with Crippen molar-refractivity contribution in [2.24, 2.45) is 0 Å². The molecule has 1 aliphatic heterocycles. The van der Waals surface area contributed by atoms with Crippen LogP contribution in [0.2, 0.25) is 0 Å². The zero-order valence-corrected chi connectivity index (χ0v) is 15.5. The van der Waals surface area contributed by atoms with Gasteiger partial charge in [-0.2, -0.15) is 0 Å². The Morgan fingerprint density at radius 1 is 1.38 bits per heavy atom. The van der Waals surface area contributed by atoms with Crippen LogP contribution in [0, 0.1) is 6.92 Å². The largest absolute Gasteiger partial charge is 0.545 e. The fraction of sp³-hybridized carbons (Fsp3) is 0.105. The minimum absolute atomic E-state index is 0.115. The number of rotatable bonds is 5. The maximum absolute atomic E-state index is 12.3. The fourth-order valence-corrected chi connectivity index (χ4v) is 3.81. The van der Waals surface area contributed by atoms with Gasteiger partial charge < -0.3 is 14.3 Å². The van der Waals surface area contributed by atoms with Crippen molar-refractivity contribution in [3.8, 4) is 11.3 Å². The van der Waals surface area contributed by atoms with Crippen LogP contribution < -0.4 is 5.11 Å². The molecule has 0 radical (unpaired) electrons. The lowest BCUT2D eigenvalue weighted by Crippen LogP contribution is -2.27. The number of hydrogen-bond acceptors (Lipinski definition) is 6. The Kier molecular flexibility index (Phi) is 5.11. The van der Waals surface area contributed by atoms with Crippen LogP contribution in [0.1, 0.15) is 21.7 Å². The van der Waals surface area contributed by atoms with E-state index in [0.29, 0.717) is 27.3 Å². The van der Waals surface area contributed by atoms with Gasteiger partial charge in [0.1, 0.15) is 15.8 Å². The summed E-state index contributed by atoms with van der Waals surface area (Å²) in [5.74, 6) is -0.295. The number of aryl methyl sites for hydroxylation is 1. The maximum atomic E-state index is 12.3. The van der Waals surface area contributed by atoms with Crippen molar-refractivity contribution in [1.29, 1.82) is 0 Å². The number of furan rings is 1. The molecule has 2 aromatic rings. The van der Waals surface area contributed by atoms with E-state index in [1.807, 2.05) is 0 Å². The lowest BCUT2D eigenvalue weighted by Gasteiger charge is -2.10. The molecule has 0 N–H and O–H groups in total. The molecule has 0 spiro atoms. The van der Waals surface area contributed by atoms with Gasteiger partial charge in [0.2, 0.25) is 0 Å². The van der Waals surface area contributed by atoms with Gasteiger partial charge in [-0.3, -0.25) is 9.69 Å². The van der Waals surface area contributed by atoms with Gasteiger partial charge in [0.25, 0.3) is 5.91 Å². The Morgan fingerprint density at radius 2 is 2.15 bits per heavy atom. The zero-order chi connectivity index (χ0) is 18.8. The average molecular weight is 384 g/mol. The SMILES string of the molecule is C=CCN1C(=O)/C(=C/c2ccc(-c3ccc(C(=O)[O-])cc3C)o2)SC1=S. The van der Waals surface area contributed by atoms with Crippen LogP contribution in [0.15, 0.2) is 52.3 Å². The summed E-state index contributed by atoms with van der Waals surface area (Å²) in [6.45, 7) is 5.79. The van der Waals surface area contributed by atoms with Crippen molar-refractivity contribution in [3.63, 3.8) is 0 Å². The molecular formula is C19H14NO4S2-. The second-order valence-electron chi connectivity index (χ2n) is 5.60. The van der Waals surface area contributed by atoms with Crippen LogP contribution in [0.5, 0.6) is 0 Å². The monoisotopic (exact) mass is 384 g/mol. The van der Waals surface area contributed by atoms with E-state index in [9.17, 15) is 14.7 Å². The number of benzene rings is 1. The number of thioether (sulfide) groups is 1. The van der Waals surface area contributed by atoms with E-state index < -0.39 is 5.97 Å². The highest BCUT2D eigenvalue weighted by Gasteiger charge is 2.31. The Morgan fingerprint density at radius 3 is 2.81 bits per heavy atom. The minimum atomic E-state index is -1.22. The van der Waals surface area contributed by atoms with Crippen LogP contribution in [0.4, 0.5) is 0 Å². The summed E-state index contributed by atoms with van der Waals surface area (Å²) < 4.78 is 6.29. The minimum Gasteiger partial charge on any atom is -0.545 e. The Bertz CT molecular complexity index is 958. The van der Waals surface area contributed by atoms with Crippen LogP contribution in [0.25, 0.3) is 17.4 Å². The van der Waals surface area contributed by atoms with Crippen molar-refractivity contribution in [1.82, 2.24) is 4.90 Å². The van der Waals surface area contributed by atoms with Gasteiger partial charge in [-0.05, 0) is 36.2 Å². The van der Waals surface area contributed by atoms with E-state index in [2.05, 4.69) is 6.58 Å². The molecule has 0 atom stereocenters. The van der Waals surface area contributed by atoms with Crippen molar-refractivity contribution in [2.45, 2.75) is 6.92 Å². The number of carbonyl (C=O) groups excluding carboxylic acids is 2. The Hall–Kier alpha value is -2.64. The third-order valence-corrected chi connectivity index (χ3v) is 5.19. The van der Waals surface area contributed by atoms with E-state index in [0.717, 1.165) is 11.1 Å². The van der Waals surface area contributed by atoms with E-state index in [1.54, 1.807) is 37.3 Å². The van der Waals surface area contributed by atoms with Crippen LogP contribution in [-0.4, -0.2) is 27.6 Å². The number of carbonyl (C=O) groups is 2. The molecule has 3 rings (SSSR count). The molecule has 26 heavy (non-hydrogen) atoms. The van der Waals surface area contributed by atoms with E-state index in [1.165, 1.54) is 28.8 Å². The molecule has 0 bridgehead atoms. The van der Waals surface area contributed by atoms with Gasteiger partial charge in [0.15, 0.2) is 0 Å². The van der Waals surface area contributed by atoms with Gasteiger partial charge in [-0.25, -0.2) is 0 Å². The number of carboxylic acid groups (broad SMARTS) is 1. The predicted molar refractivity (Wildman–Crippen MR) is 103 cm³/mol. The Labute approximate surface area is 160 Å². The second kappa shape index (κ2) is 7.31. The van der Waals surface area contributed by atoms with Gasteiger partial charge in [0.05, 0.1) is 10.9 Å². The van der Waals surface area contributed by atoms with Crippen molar-refractivity contribution >= 4 is 46.3 Å².